The summed E-state index contributed by atoms with van der Waals surface area (Å²) < 4.78 is 0. The maximum atomic E-state index is 5.81. The molecule has 0 saturated carbocycles. The molecule has 1 aliphatic heterocycles. The van der Waals surface area contributed by atoms with Crippen molar-refractivity contribution >= 4 is 29.2 Å². The van der Waals surface area contributed by atoms with E-state index in [1.807, 2.05) is 0 Å². The van der Waals surface area contributed by atoms with Crippen LogP contribution in [0.15, 0.2) is 0 Å². The monoisotopic (exact) mass is 288 g/mol. The molecular weight excluding hydrogens is 271 g/mol. The van der Waals surface area contributed by atoms with Gasteiger partial charge in [-0.2, -0.15) is 15.0 Å². The molecule has 2 rings (SSSR count). The number of hydrogen-bond donors (Lipinski definition) is 0. The zero-order chi connectivity index (χ0) is 13.2. The first-order valence-electron chi connectivity index (χ1n) is 6.40. The van der Waals surface area contributed by atoms with Crippen LogP contribution in [0.2, 0.25) is 10.6 Å². The van der Waals surface area contributed by atoms with Crippen molar-refractivity contribution < 1.29 is 0 Å². The highest BCUT2D eigenvalue weighted by atomic mass is 35.5. The molecule has 2 heterocycles. The van der Waals surface area contributed by atoms with E-state index in [1.165, 1.54) is 25.7 Å². The number of halogens is 2. The second kappa shape index (κ2) is 5.57. The van der Waals surface area contributed by atoms with E-state index in [1.54, 1.807) is 0 Å². The SMILES string of the molecule is CCC1(CC)CCN(c2nc(Cl)nc(Cl)n2)CC1. The predicted octanol–water partition coefficient (Wildman–Crippen LogP) is 3.59. The Morgan fingerprint density at radius 2 is 1.50 bits per heavy atom. The topological polar surface area (TPSA) is 41.9 Å². The zero-order valence-corrected chi connectivity index (χ0v) is 12.3. The summed E-state index contributed by atoms with van der Waals surface area (Å²) in [6, 6.07) is 0. The highest BCUT2D eigenvalue weighted by molar-refractivity contribution is 6.31. The Bertz CT molecular complexity index is 390. The molecule has 18 heavy (non-hydrogen) atoms. The Hall–Kier alpha value is -0.610. The fourth-order valence-electron chi connectivity index (χ4n) is 2.60. The van der Waals surface area contributed by atoms with E-state index in [0.717, 1.165) is 13.1 Å². The summed E-state index contributed by atoms with van der Waals surface area (Å²) in [4.78, 5) is 14.2. The van der Waals surface area contributed by atoms with Gasteiger partial charge in [0.15, 0.2) is 0 Å². The first kappa shape index (κ1) is 13.8. The highest BCUT2D eigenvalue weighted by Crippen LogP contribution is 2.38. The number of piperidine rings is 1. The van der Waals surface area contributed by atoms with E-state index < -0.39 is 0 Å². The van der Waals surface area contributed by atoms with Crippen LogP contribution in [-0.4, -0.2) is 28.0 Å². The Balaban J connectivity index is 2.09. The van der Waals surface area contributed by atoms with E-state index in [-0.39, 0.29) is 10.6 Å². The van der Waals surface area contributed by atoms with Crippen LogP contribution in [0.3, 0.4) is 0 Å². The Morgan fingerprint density at radius 3 is 1.94 bits per heavy atom. The molecule has 0 amide bonds. The van der Waals surface area contributed by atoms with Gasteiger partial charge in [0.1, 0.15) is 0 Å². The lowest BCUT2D eigenvalue weighted by atomic mass is 9.74. The van der Waals surface area contributed by atoms with Crippen molar-refractivity contribution in [3.63, 3.8) is 0 Å². The minimum Gasteiger partial charge on any atom is -0.341 e. The first-order valence-corrected chi connectivity index (χ1v) is 7.16. The fraction of sp³-hybridized carbons (Fsp3) is 0.750. The van der Waals surface area contributed by atoms with Crippen LogP contribution >= 0.6 is 23.2 Å². The third-order valence-electron chi connectivity index (χ3n) is 4.18. The summed E-state index contributed by atoms with van der Waals surface area (Å²) in [7, 11) is 0. The van der Waals surface area contributed by atoms with E-state index in [0.29, 0.717) is 11.4 Å². The van der Waals surface area contributed by atoms with E-state index >= 15 is 0 Å². The molecule has 0 atom stereocenters. The maximum absolute atomic E-state index is 5.81. The van der Waals surface area contributed by atoms with Crippen LogP contribution in [0.5, 0.6) is 0 Å². The minimum absolute atomic E-state index is 0.160. The Morgan fingerprint density at radius 1 is 1.00 bits per heavy atom. The van der Waals surface area contributed by atoms with Crippen molar-refractivity contribution in [1.82, 2.24) is 15.0 Å². The average Bonchev–Trinajstić information content (AvgIpc) is 2.38. The Labute approximate surface area is 118 Å². The van der Waals surface area contributed by atoms with Gasteiger partial charge in [-0.15, -0.1) is 0 Å². The van der Waals surface area contributed by atoms with Crippen molar-refractivity contribution in [2.45, 2.75) is 39.5 Å². The van der Waals surface area contributed by atoms with Crippen molar-refractivity contribution in [2.24, 2.45) is 5.41 Å². The largest absolute Gasteiger partial charge is 0.341 e. The second-order valence-corrected chi connectivity index (χ2v) is 5.54. The van der Waals surface area contributed by atoms with Gasteiger partial charge < -0.3 is 4.90 Å². The van der Waals surface area contributed by atoms with Gasteiger partial charge in [-0.25, -0.2) is 0 Å². The van der Waals surface area contributed by atoms with Gasteiger partial charge in [0.2, 0.25) is 16.5 Å². The van der Waals surface area contributed by atoms with Gasteiger partial charge in [-0.3, -0.25) is 0 Å². The molecule has 100 valence electrons. The van der Waals surface area contributed by atoms with Gasteiger partial charge >= 0.3 is 0 Å². The summed E-state index contributed by atoms with van der Waals surface area (Å²) in [6.45, 7) is 6.46. The highest BCUT2D eigenvalue weighted by Gasteiger charge is 2.32. The van der Waals surface area contributed by atoms with Crippen LogP contribution in [-0.2, 0) is 0 Å². The summed E-state index contributed by atoms with van der Waals surface area (Å²) in [5.74, 6) is 0.598. The summed E-state index contributed by atoms with van der Waals surface area (Å²) in [5.41, 5.74) is 0.483. The molecule has 0 aliphatic carbocycles. The van der Waals surface area contributed by atoms with E-state index in [2.05, 4.69) is 33.7 Å². The summed E-state index contributed by atoms with van der Waals surface area (Å²) >= 11 is 11.6. The Kier molecular flexibility index (Phi) is 4.28. The zero-order valence-electron chi connectivity index (χ0n) is 10.8. The van der Waals surface area contributed by atoms with E-state index in [9.17, 15) is 0 Å². The van der Waals surface area contributed by atoms with Crippen LogP contribution in [0.25, 0.3) is 0 Å². The molecule has 4 nitrogen and oxygen atoms in total. The second-order valence-electron chi connectivity index (χ2n) is 4.87. The summed E-state index contributed by atoms with van der Waals surface area (Å²) in [5, 5.41) is 0.320. The number of hydrogen-bond acceptors (Lipinski definition) is 4. The number of anilines is 1. The van der Waals surface area contributed by atoms with Crippen molar-refractivity contribution in [3.8, 4) is 0 Å². The van der Waals surface area contributed by atoms with Crippen LogP contribution in [0.4, 0.5) is 5.95 Å². The van der Waals surface area contributed by atoms with Gasteiger partial charge in [0.05, 0.1) is 0 Å². The smallest absolute Gasteiger partial charge is 0.230 e. The van der Waals surface area contributed by atoms with Gasteiger partial charge in [0.25, 0.3) is 0 Å². The average molecular weight is 289 g/mol. The van der Waals surface area contributed by atoms with Crippen LogP contribution < -0.4 is 4.90 Å². The van der Waals surface area contributed by atoms with E-state index in [4.69, 9.17) is 23.2 Å². The standard InChI is InChI=1S/C12H18Cl2N4/c1-3-12(4-2)5-7-18(8-6-12)11-16-9(13)15-10(14)17-11/h3-8H2,1-2H3. The molecule has 0 spiro atoms. The molecule has 0 bridgehead atoms. The normalized spacial score (nSPS) is 19.0. The van der Waals surface area contributed by atoms with Gasteiger partial charge in [-0.1, -0.05) is 26.7 Å². The van der Waals surface area contributed by atoms with Crippen molar-refractivity contribution in [1.29, 1.82) is 0 Å². The molecule has 1 fully saturated rings. The number of aromatic nitrogens is 3. The van der Waals surface area contributed by atoms with Crippen LogP contribution in [0, 0.1) is 5.41 Å². The molecule has 0 aromatic carbocycles. The minimum atomic E-state index is 0.160. The third-order valence-corrected chi connectivity index (χ3v) is 4.51. The quantitative estimate of drug-likeness (QED) is 0.852. The lowest BCUT2D eigenvalue weighted by molar-refractivity contribution is 0.198. The molecule has 1 aliphatic rings. The van der Waals surface area contributed by atoms with Gasteiger partial charge in [-0.05, 0) is 41.5 Å². The molecule has 1 aromatic heterocycles. The van der Waals surface area contributed by atoms with Gasteiger partial charge in [0, 0.05) is 13.1 Å². The van der Waals surface area contributed by atoms with Crippen molar-refractivity contribution in [2.75, 3.05) is 18.0 Å². The molecular formula is C12H18Cl2N4. The third kappa shape index (κ3) is 2.86. The summed E-state index contributed by atoms with van der Waals surface area (Å²) in [6.07, 6.45) is 4.80. The molecule has 1 saturated heterocycles. The first-order chi connectivity index (χ1) is 8.58. The lowest BCUT2D eigenvalue weighted by Crippen LogP contribution is -2.40. The number of rotatable bonds is 3. The van der Waals surface area contributed by atoms with Crippen LogP contribution in [0.1, 0.15) is 39.5 Å². The molecule has 0 radical (unpaired) electrons. The molecule has 6 heteroatoms. The van der Waals surface area contributed by atoms with Crippen molar-refractivity contribution in [3.05, 3.63) is 10.6 Å². The molecule has 0 unspecified atom stereocenters. The maximum Gasteiger partial charge on any atom is 0.230 e. The lowest BCUT2D eigenvalue weighted by Gasteiger charge is -2.40. The number of nitrogens with zero attached hydrogens (tertiary/aromatic N) is 4. The molecule has 1 aromatic rings. The predicted molar refractivity (Wildman–Crippen MR) is 74.3 cm³/mol. The fourth-order valence-corrected chi connectivity index (χ4v) is 2.95. The molecule has 0 N–H and O–H groups in total.